The lowest BCUT2D eigenvalue weighted by Gasteiger charge is -2.22. The molecule has 0 aliphatic carbocycles. The second-order valence-corrected chi connectivity index (χ2v) is 4.57. The molecular weight excluding hydrogens is 282 g/mol. The monoisotopic (exact) mass is 299 g/mol. The molecule has 0 unspecified atom stereocenters. The number of nitrogens with zero attached hydrogens (tertiary/aromatic N) is 2. The summed E-state index contributed by atoms with van der Waals surface area (Å²) in [6.45, 7) is 1.19. The molecule has 1 amide bonds. The number of nitrogens with two attached hydrogens (primary N) is 1. The molecule has 0 fully saturated rings. The number of carbonyl (C=O) groups is 1. The van der Waals surface area contributed by atoms with E-state index in [1.807, 2.05) is 0 Å². The van der Waals surface area contributed by atoms with Crippen molar-refractivity contribution in [3.05, 3.63) is 34.9 Å². The number of ether oxygens (including phenoxy) is 1. The van der Waals surface area contributed by atoms with Crippen molar-refractivity contribution in [3.63, 3.8) is 0 Å². The summed E-state index contributed by atoms with van der Waals surface area (Å²) in [5.41, 5.74) is 5.95. The van der Waals surface area contributed by atoms with Crippen LogP contribution in [0.5, 0.6) is 0 Å². The molecule has 0 saturated carbocycles. The first kappa shape index (κ1) is 16.3. The first-order valence-corrected chi connectivity index (χ1v) is 6.46. The average Bonchev–Trinajstić information content (AvgIpc) is 2.47. The van der Waals surface area contributed by atoms with Gasteiger partial charge >= 0.3 is 0 Å². The van der Waals surface area contributed by atoms with Crippen LogP contribution in [0.1, 0.15) is 16.8 Å². The Kier molecular flexibility index (Phi) is 6.83. The fourth-order valence-electron chi connectivity index (χ4n) is 1.59. The van der Waals surface area contributed by atoms with E-state index in [0.717, 1.165) is 0 Å². The highest BCUT2D eigenvalue weighted by molar-refractivity contribution is 6.30. The topological polar surface area (TPSA) is 88.2 Å². The van der Waals surface area contributed by atoms with Crippen LogP contribution >= 0.6 is 11.6 Å². The largest absolute Gasteiger partial charge is 0.409 e. The number of methoxy groups -OCH3 is 1. The van der Waals surface area contributed by atoms with Crippen LogP contribution in [0.2, 0.25) is 5.02 Å². The number of amides is 1. The summed E-state index contributed by atoms with van der Waals surface area (Å²) >= 11 is 5.80. The lowest BCUT2D eigenvalue weighted by Crippen LogP contribution is -2.36. The molecule has 1 aromatic rings. The number of halogens is 1. The molecule has 0 aromatic heterocycles. The number of hydrogen-bond acceptors (Lipinski definition) is 4. The molecule has 20 heavy (non-hydrogen) atoms. The fourth-order valence-corrected chi connectivity index (χ4v) is 1.72. The third-order valence-corrected chi connectivity index (χ3v) is 2.96. The SMILES string of the molecule is COCCN(CCC(N)=NO)C(=O)c1ccc(Cl)cc1. The zero-order chi connectivity index (χ0) is 15.0. The summed E-state index contributed by atoms with van der Waals surface area (Å²) < 4.78 is 4.98. The normalized spacial score (nSPS) is 11.4. The summed E-state index contributed by atoms with van der Waals surface area (Å²) in [5.74, 6) is -0.0687. The van der Waals surface area contributed by atoms with Crippen molar-refractivity contribution >= 4 is 23.3 Å². The summed E-state index contributed by atoms with van der Waals surface area (Å²) in [5, 5.41) is 12.0. The molecule has 0 heterocycles. The quantitative estimate of drug-likeness (QED) is 0.346. The molecule has 110 valence electrons. The first-order chi connectivity index (χ1) is 9.58. The van der Waals surface area contributed by atoms with Gasteiger partial charge in [0, 0.05) is 37.2 Å². The smallest absolute Gasteiger partial charge is 0.253 e. The highest BCUT2D eigenvalue weighted by Gasteiger charge is 2.15. The molecular formula is C13H18ClN3O3. The van der Waals surface area contributed by atoms with Gasteiger partial charge < -0.3 is 20.6 Å². The molecule has 6 nitrogen and oxygen atoms in total. The number of rotatable bonds is 7. The summed E-state index contributed by atoms with van der Waals surface area (Å²) in [6.07, 6.45) is 0.291. The van der Waals surface area contributed by atoms with Crippen LogP contribution in [-0.2, 0) is 4.74 Å². The Bertz CT molecular complexity index is 462. The minimum atomic E-state index is -0.149. The van der Waals surface area contributed by atoms with Crippen LogP contribution in [0.25, 0.3) is 0 Å². The Balaban J connectivity index is 2.75. The van der Waals surface area contributed by atoms with E-state index in [2.05, 4.69) is 5.16 Å². The van der Waals surface area contributed by atoms with Gasteiger partial charge in [-0.05, 0) is 24.3 Å². The Morgan fingerprint density at radius 3 is 2.60 bits per heavy atom. The number of oxime groups is 1. The van der Waals surface area contributed by atoms with Crippen molar-refractivity contribution in [2.24, 2.45) is 10.9 Å². The summed E-state index contributed by atoms with van der Waals surface area (Å²) in [7, 11) is 1.56. The highest BCUT2D eigenvalue weighted by atomic mass is 35.5. The van der Waals surface area contributed by atoms with E-state index in [-0.39, 0.29) is 11.7 Å². The van der Waals surface area contributed by atoms with Gasteiger partial charge in [0.25, 0.3) is 5.91 Å². The number of carbonyl (C=O) groups excluding carboxylic acids is 1. The minimum Gasteiger partial charge on any atom is -0.409 e. The van der Waals surface area contributed by atoms with Crippen LogP contribution in [0, 0.1) is 0 Å². The fraction of sp³-hybridized carbons (Fsp3) is 0.385. The van der Waals surface area contributed by atoms with E-state index in [4.69, 9.17) is 27.3 Å². The van der Waals surface area contributed by atoms with E-state index in [1.165, 1.54) is 0 Å². The van der Waals surface area contributed by atoms with Gasteiger partial charge in [0.1, 0.15) is 5.84 Å². The van der Waals surface area contributed by atoms with E-state index in [0.29, 0.717) is 36.7 Å². The zero-order valence-electron chi connectivity index (χ0n) is 11.3. The molecule has 1 rings (SSSR count). The zero-order valence-corrected chi connectivity index (χ0v) is 12.0. The average molecular weight is 300 g/mol. The van der Waals surface area contributed by atoms with Crippen molar-refractivity contribution in [1.82, 2.24) is 4.90 Å². The van der Waals surface area contributed by atoms with Gasteiger partial charge in [-0.3, -0.25) is 4.79 Å². The molecule has 0 radical (unpaired) electrons. The summed E-state index contributed by atoms with van der Waals surface area (Å²) in [4.78, 5) is 13.9. The first-order valence-electron chi connectivity index (χ1n) is 6.08. The van der Waals surface area contributed by atoms with Gasteiger partial charge in [-0.2, -0.15) is 0 Å². The van der Waals surface area contributed by atoms with Gasteiger partial charge in [-0.15, -0.1) is 0 Å². The minimum absolute atomic E-state index is 0.0799. The predicted octanol–water partition coefficient (Wildman–Crippen LogP) is 1.57. The van der Waals surface area contributed by atoms with Gasteiger partial charge in [0.15, 0.2) is 0 Å². The van der Waals surface area contributed by atoms with E-state index in [1.54, 1.807) is 36.3 Å². The maximum Gasteiger partial charge on any atom is 0.253 e. The van der Waals surface area contributed by atoms with Crippen molar-refractivity contribution in [3.8, 4) is 0 Å². The highest BCUT2D eigenvalue weighted by Crippen LogP contribution is 2.12. The lowest BCUT2D eigenvalue weighted by molar-refractivity contribution is 0.0700. The predicted molar refractivity (Wildman–Crippen MR) is 77.3 cm³/mol. The van der Waals surface area contributed by atoms with E-state index in [9.17, 15) is 4.79 Å². The lowest BCUT2D eigenvalue weighted by atomic mass is 10.2. The molecule has 0 spiro atoms. The Morgan fingerprint density at radius 1 is 1.40 bits per heavy atom. The molecule has 0 aliphatic heterocycles. The standard InChI is InChI=1S/C13H18ClN3O3/c1-20-9-8-17(7-6-12(15)16-19)13(18)10-2-4-11(14)5-3-10/h2-5,19H,6-9H2,1H3,(H2,15,16). The molecule has 0 saturated heterocycles. The maximum atomic E-state index is 12.3. The summed E-state index contributed by atoms with van der Waals surface area (Å²) in [6, 6.07) is 6.64. The third-order valence-electron chi connectivity index (χ3n) is 2.71. The van der Waals surface area contributed by atoms with Crippen LogP contribution in [0.15, 0.2) is 29.4 Å². The Hall–Kier alpha value is -1.79. The van der Waals surface area contributed by atoms with E-state index >= 15 is 0 Å². The molecule has 0 aliphatic rings. The number of amidine groups is 1. The number of benzene rings is 1. The van der Waals surface area contributed by atoms with Crippen LogP contribution in [-0.4, -0.2) is 48.7 Å². The van der Waals surface area contributed by atoms with Crippen molar-refractivity contribution in [2.75, 3.05) is 26.8 Å². The third kappa shape index (κ3) is 5.07. The van der Waals surface area contributed by atoms with Gasteiger partial charge in [0.05, 0.1) is 6.61 Å². The molecule has 0 atom stereocenters. The van der Waals surface area contributed by atoms with Gasteiger partial charge in [-0.1, -0.05) is 16.8 Å². The van der Waals surface area contributed by atoms with Crippen molar-refractivity contribution in [2.45, 2.75) is 6.42 Å². The Labute approximate surface area is 122 Å². The second-order valence-electron chi connectivity index (χ2n) is 4.13. The van der Waals surface area contributed by atoms with Crippen LogP contribution in [0.3, 0.4) is 0 Å². The number of hydrogen-bond donors (Lipinski definition) is 2. The van der Waals surface area contributed by atoms with Crippen LogP contribution < -0.4 is 5.73 Å². The van der Waals surface area contributed by atoms with Gasteiger partial charge in [0.2, 0.25) is 0 Å². The van der Waals surface area contributed by atoms with Gasteiger partial charge in [-0.25, -0.2) is 0 Å². The van der Waals surface area contributed by atoms with E-state index < -0.39 is 0 Å². The molecule has 7 heteroatoms. The molecule has 3 N–H and O–H groups in total. The second kappa shape index (κ2) is 8.39. The van der Waals surface area contributed by atoms with Crippen LogP contribution in [0.4, 0.5) is 0 Å². The van der Waals surface area contributed by atoms with Crippen molar-refractivity contribution in [1.29, 1.82) is 0 Å². The molecule has 1 aromatic carbocycles. The Morgan fingerprint density at radius 2 is 2.05 bits per heavy atom. The maximum absolute atomic E-state index is 12.3. The molecule has 0 bridgehead atoms. The van der Waals surface area contributed by atoms with Crippen molar-refractivity contribution < 1.29 is 14.7 Å².